The van der Waals surface area contributed by atoms with Crippen molar-refractivity contribution in [2.24, 2.45) is 0 Å². The van der Waals surface area contributed by atoms with Crippen molar-refractivity contribution >= 4 is 23.0 Å². The number of nitrogens with one attached hydrogen (secondary N) is 1. The molecule has 0 spiro atoms. The third-order valence-electron chi connectivity index (χ3n) is 6.39. The number of hydrogen-bond acceptors (Lipinski definition) is 4. The number of rotatable bonds is 7. The highest BCUT2D eigenvalue weighted by Gasteiger charge is 2.25. The minimum atomic E-state index is 0.442. The Labute approximate surface area is 198 Å². The molecule has 0 unspecified atom stereocenters. The van der Waals surface area contributed by atoms with Crippen molar-refractivity contribution < 1.29 is 9.47 Å². The van der Waals surface area contributed by atoms with Crippen molar-refractivity contribution in [1.29, 1.82) is 0 Å². The van der Waals surface area contributed by atoms with E-state index in [1.807, 2.05) is 6.07 Å². The Bertz CT molecular complexity index is 916. The smallest absolute Gasteiger partial charge is 0.173 e. The summed E-state index contributed by atoms with van der Waals surface area (Å²) >= 11 is 5.98. The number of piperidine rings is 1. The van der Waals surface area contributed by atoms with E-state index in [4.69, 9.17) is 21.7 Å². The summed E-state index contributed by atoms with van der Waals surface area (Å²) in [7, 11) is 5.54. The molecule has 6 heteroatoms. The first-order valence-electron chi connectivity index (χ1n) is 11.4. The highest BCUT2D eigenvalue weighted by molar-refractivity contribution is 7.80. The van der Waals surface area contributed by atoms with Crippen LogP contribution in [-0.2, 0) is 6.42 Å². The van der Waals surface area contributed by atoms with Gasteiger partial charge < -0.3 is 24.6 Å². The maximum absolute atomic E-state index is 5.98. The van der Waals surface area contributed by atoms with Gasteiger partial charge in [-0.2, -0.15) is 0 Å². The molecule has 2 aromatic rings. The molecule has 0 bridgehead atoms. The molecule has 0 radical (unpaired) electrons. The van der Waals surface area contributed by atoms with E-state index in [-0.39, 0.29) is 0 Å². The van der Waals surface area contributed by atoms with Crippen LogP contribution in [0.5, 0.6) is 11.5 Å². The largest absolute Gasteiger partial charge is 0.493 e. The molecule has 5 nitrogen and oxygen atoms in total. The van der Waals surface area contributed by atoms with Crippen molar-refractivity contribution in [1.82, 2.24) is 9.80 Å². The number of thiocarbonyl (C=S) groups is 1. The van der Waals surface area contributed by atoms with E-state index >= 15 is 0 Å². The van der Waals surface area contributed by atoms with Crippen LogP contribution in [0.2, 0.25) is 0 Å². The number of anilines is 1. The molecule has 1 N–H and O–H groups in total. The maximum atomic E-state index is 5.98. The van der Waals surface area contributed by atoms with Crippen molar-refractivity contribution in [2.75, 3.05) is 46.2 Å². The van der Waals surface area contributed by atoms with Crippen molar-refractivity contribution in [3.05, 3.63) is 52.6 Å². The number of nitrogens with zero attached hydrogens (tertiary/aromatic N) is 2. The first kappa shape index (κ1) is 24.3. The van der Waals surface area contributed by atoms with Crippen molar-refractivity contribution in [3.8, 4) is 11.5 Å². The summed E-state index contributed by atoms with van der Waals surface area (Å²) in [5.74, 6) is 1.52. The molecule has 0 atom stereocenters. The summed E-state index contributed by atoms with van der Waals surface area (Å²) in [4.78, 5) is 4.80. The second-order valence-electron chi connectivity index (χ2n) is 8.87. The molecule has 1 saturated heterocycles. The highest BCUT2D eigenvalue weighted by atomic mass is 32.1. The van der Waals surface area contributed by atoms with Crippen LogP contribution in [-0.4, -0.2) is 61.9 Å². The standard InChI is InChI=1S/C26H37N3O2S/c1-18-15-19(2)25(20(3)16-18)27-26(32)29(22-10-12-28(4)13-11-22)14-9-21-7-8-23(30-5)24(17-21)31-6/h7-8,15-17,22H,9-14H2,1-6H3,(H,27,32). The van der Waals surface area contributed by atoms with Gasteiger partial charge in [-0.05, 0) is 101 Å². The quantitative estimate of drug-likeness (QED) is 0.595. The predicted molar refractivity (Wildman–Crippen MR) is 137 cm³/mol. The van der Waals surface area contributed by atoms with Crippen LogP contribution < -0.4 is 14.8 Å². The normalized spacial score (nSPS) is 14.8. The second kappa shape index (κ2) is 11.0. The Morgan fingerprint density at radius 2 is 1.66 bits per heavy atom. The predicted octanol–water partition coefficient (Wildman–Crippen LogP) is 4.96. The van der Waals surface area contributed by atoms with Gasteiger partial charge in [0.1, 0.15) is 0 Å². The molecule has 2 aromatic carbocycles. The van der Waals surface area contributed by atoms with E-state index in [0.29, 0.717) is 6.04 Å². The third kappa shape index (κ3) is 5.93. The van der Waals surface area contributed by atoms with Gasteiger partial charge >= 0.3 is 0 Å². The Kier molecular flexibility index (Phi) is 8.38. The fraction of sp³-hybridized carbons (Fsp3) is 0.500. The highest BCUT2D eigenvalue weighted by Crippen LogP contribution is 2.28. The monoisotopic (exact) mass is 455 g/mol. The van der Waals surface area contributed by atoms with Gasteiger partial charge in [0.15, 0.2) is 16.6 Å². The average molecular weight is 456 g/mol. The Morgan fingerprint density at radius 1 is 1.03 bits per heavy atom. The summed E-state index contributed by atoms with van der Waals surface area (Å²) < 4.78 is 10.9. The number of hydrogen-bond donors (Lipinski definition) is 1. The number of aryl methyl sites for hydroxylation is 3. The van der Waals surface area contributed by atoms with Gasteiger partial charge in [0.2, 0.25) is 0 Å². The van der Waals surface area contributed by atoms with Crippen LogP contribution in [0, 0.1) is 20.8 Å². The Hall–Kier alpha value is -2.31. The SMILES string of the molecule is COc1ccc(CCN(C(=S)Nc2c(C)cc(C)cc2C)C2CCN(C)CC2)cc1OC. The van der Waals surface area contributed by atoms with E-state index in [0.717, 1.165) is 61.2 Å². The summed E-state index contributed by atoms with van der Waals surface area (Å²) in [5, 5.41) is 4.41. The average Bonchev–Trinajstić information content (AvgIpc) is 2.77. The van der Waals surface area contributed by atoms with E-state index in [1.165, 1.54) is 22.3 Å². The Balaban J connectivity index is 1.78. The van der Waals surface area contributed by atoms with Gasteiger partial charge in [0, 0.05) is 18.3 Å². The first-order chi connectivity index (χ1) is 15.3. The minimum Gasteiger partial charge on any atom is -0.493 e. The number of likely N-dealkylation sites (tertiary alicyclic amines) is 1. The molecule has 174 valence electrons. The van der Waals surface area contributed by atoms with Crippen LogP contribution in [0.3, 0.4) is 0 Å². The lowest BCUT2D eigenvalue weighted by Gasteiger charge is -2.39. The minimum absolute atomic E-state index is 0.442. The van der Waals surface area contributed by atoms with Gasteiger partial charge in [0.25, 0.3) is 0 Å². The molecule has 1 fully saturated rings. The van der Waals surface area contributed by atoms with Crippen LogP contribution in [0.1, 0.15) is 35.1 Å². The van der Waals surface area contributed by atoms with Gasteiger partial charge in [-0.15, -0.1) is 0 Å². The summed E-state index contributed by atoms with van der Waals surface area (Å²) in [6.45, 7) is 9.49. The van der Waals surface area contributed by atoms with Gasteiger partial charge in [-0.1, -0.05) is 23.8 Å². The summed E-state index contributed by atoms with van der Waals surface area (Å²) in [6, 6.07) is 11.0. The van der Waals surface area contributed by atoms with Crippen molar-refractivity contribution in [2.45, 2.75) is 46.1 Å². The second-order valence-corrected chi connectivity index (χ2v) is 9.26. The molecule has 0 aliphatic carbocycles. The van der Waals surface area contributed by atoms with Crippen LogP contribution in [0.15, 0.2) is 30.3 Å². The lowest BCUT2D eigenvalue weighted by Crippen LogP contribution is -2.48. The molecule has 1 aliphatic heterocycles. The molecule has 3 rings (SSSR count). The summed E-state index contributed by atoms with van der Waals surface area (Å²) in [5.41, 5.74) is 6.08. The van der Waals surface area contributed by atoms with E-state index in [2.05, 4.69) is 67.2 Å². The molecule has 0 amide bonds. The maximum Gasteiger partial charge on any atom is 0.173 e. The van der Waals surface area contributed by atoms with E-state index in [9.17, 15) is 0 Å². The van der Waals surface area contributed by atoms with Crippen LogP contribution >= 0.6 is 12.2 Å². The fourth-order valence-corrected chi connectivity index (χ4v) is 4.94. The molecule has 32 heavy (non-hydrogen) atoms. The zero-order valence-corrected chi connectivity index (χ0v) is 21.1. The van der Waals surface area contributed by atoms with Gasteiger partial charge in [-0.3, -0.25) is 0 Å². The zero-order valence-electron chi connectivity index (χ0n) is 20.3. The molecular weight excluding hydrogens is 418 g/mol. The number of benzene rings is 2. The summed E-state index contributed by atoms with van der Waals surface area (Å²) in [6.07, 6.45) is 3.13. The lowest BCUT2D eigenvalue weighted by molar-refractivity contribution is 0.178. The fourth-order valence-electron chi connectivity index (χ4n) is 4.60. The van der Waals surface area contributed by atoms with Gasteiger partial charge in [0.05, 0.1) is 14.2 Å². The lowest BCUT2D eigenvalue weighted by atomic mass is 10.0. The molecule has 0 aromatic heterocycles. The van der Waals surface area contributed by atoms with Gasteiger partial charge in [-0.25, -0.2) is 0 Å². The molecule has 1 heterocycles. The van der Waals surface area contributed by atoms with Crippen LogP contribution in [0.4, 0.5) is 5.69 Å². The Morgan fingerprint density at radius 3 is 2.25 bits per heavy atom. The first-order valence-corrected chi connectivity index (χ1v) is 11.8. The van der Waals surface area contributed by atoms with Crippen molar-refractivity contribution in [3.63, 3.8) is 0 Å². The van der Waals surface area contributed by atoms with E-state index < -0.39 is 0 Å². The molecule has 1 aliphatic rings. The van der Waals surface area contributed by atoms with Crippen LogP contribution in [0.25, 0.3) is 0 Å². The van der Waals surface area contributed by atoms with E-state index in [1.54, 1.807) is 14.2 Å². The number of methoxy groups -OCH3 is 2. The molecule has 0 saturated carbocycles. The topological polar surface area (TPSA) is 37.0 Å². The molecular formula is C26H37N3O2S. The zero-order chi connectivity index (χ0) is 23.3. The third-order valence-corrected chi connectivity index (χ3v) is 6.72. The number of ether oxygens (including phenoxy) is 2.